The zero-order valence-electron chi connectivity index (χ0n) is 10.4. The second kappa shape index (κ2) is 4.99. The highest BCUT2D eigenvalue weighted by Gasteiger charge is 2.01. The van der Waals surface area contributed by atoms with E-state index in [0.29, 0.717) is 5.56 Å². The number of fused-ring (bicyclic) bond motifs is 3. The summed E-state index contributed by atoms with van der Waals surface area (Å²) in [6.45, 7) is 0. The maximum atomic E-state index is 10.5. The summed E-state index contributed by atoms with van der Waals surface area (Å²) in [4.78, 5) is 10.5. The molecule has 0 aromatic heterocycles. The summed E-state index contributed by atoms with van der Waals surface area (Å²) < 4.78 is 1.05. The molecule has 3 aromatic carbocycles. The number of hydrogen-bond donors (Lipinski definition) is 1. The van der Waals surface area contributed by atoms with Gasteiger partial charge >= 0.3 is 5.97 Å². The van der Waals surface area contributed by atoms with Crippen LogP contribution in [-0.4, -0.2) is 11.1 Å². The minimum atomic E-state index is -1.12. The van der Waals surface area contributed by atoms with E-state index in [9.17, 15) is 4.79 Å². The lowest BCUT2D eigenvalue weighted by Gasteiger charge is -2.05. The van der Waals surface area contributed by atoms with Crippen LogP contribution >= 0.6 is 15.9 Å². The molecule has 20 heavy (non-hydrogen) atoms. The Bertz CT molecular complexity index is 901. The van der Waals surface area contributed by atoms with Crippen molar-refractivity contribution in [3.63, 3.8) is 0 Å². The van der Waals surface area contributed by atoms with Crippen LogP contribution in [0, 0.1) is 11.8 Å². The lowest BCUT2D eigenvalue weighted by molar-refractivity contribution is -0.130. The zero-order valence-corrected chi connectivity index (χ0v) is 11.9. The number of halogens is 1. The lowest BCUT2D eigenvalue weighted by atomic mass is 10.0. The van der Waals surface area contributed by atoms with E-state index >= 15 is 0 Å². The fourth-order valence-electron chi connectivity index (χ4n) is 2.25. The van der Waals surface area contributed by atoms with Crippen molar-refractivity contribution in [2.24, 2.45) is 0 Å². The minimum absolute atomic E-state index is 0.705. The molecule has 0 fully saturated rings. The molecule has 0 amide bonds. The third kappa shape index (κ3) is 2.38. The maximum Gasteiger partial charge on any atom is 0.382 e. The minimum Gasteiger partial charge on any atom is -0.472 e. The van der Waals surface area contributed by atoms with Gasteiger partial charge in [0.15, 0.2) is 0 Å². The summed E-state index contributed by atoms with van der Waals surface area (Å²) in [6, 6.07) is 16.0. The van der Waals surface area contributed by atoms with Crippen LogP contribution in [0.3, 0.4) is 0 Å². The molecule has 0 aliphatic heterocycles. The third-order valence-electron chi connectivity index (χ3n) is 3.11. The highest BCUT2D eigenvalue weighted by Crippen LogP contribution is 2.28. The lowest BCUT2D eigenvalue weighted by Crippen LogP contribution is -1.87. The molecule has 0 aliphatic rings. The highest BCUT2D eigenvalue weighted by atomic mass is 79.9. The van der Waals surface area contributed by atoms with Crippen molar-refractivity contribution in [1.82, 2.24) is 0 Å². The molecule has 1 N–H and O–H groups in total. The van der Waals surface area contributed by atoms with Crippen LogP contribution in [0.5, 0.6) is 0 Å². The number of hydrogen-bond acceptors (Lipinski definition) is 1. The molecule has 0 spiro atoms. The quantitative estimate of drug-likeness (QED) is 0.497. The fourth-order valence-corrected chi connectivity index (χ4v) is 2.62. The Hall–Kier alpha value is -2.31. The third-order valence-corrected chi connectivity index (χ3v) is 3.60. The van der Waals surface area contributed by atoms with Gasteiger partial charge in [-0.3, -0.25) is 0 Å². The van der Waals surface area contributed by atoms with Crippen molar-refractivity contribution in [3.05, 3.63) is 58.6 Å². The standard InChI is InChI=1S/C17H9BrO2/c18-14-5-7-16-13(10-14)4-3-12-9-11(1-6-15(12)16)2-8-17(19)20/h1,3-7,9-10H,(H,19,20). The number of rotatable bonds is 0. The molecule has 0 saturated heterocycles. The molecular weight excluding hydrogens is 316 g/mol. The van der Waals surface area contributed by atoms with E-state index in [-0.39, 0.29) is 0 Å². The van der Waals surface area contributed by atoms with Gasteiger partial charge in [0.2, 0.25) is 0 Å². The van der Waals surface area contributed by atoms with E-state index < -0.39 is 5.97 Å². The van der Waals surface area contributed by atoms with Gasteiger partial charge in [-0.25, -0.2) is 4.79 Å². The molecule has 0 atom stereocenters. The predicted octanol–water partition coefficient (Wildman–Crippen LogP) is 4.19. The summed E-state index contributed by atoms with van der Waals surface area (Å²) >= 11 is 3.47. The van der Waals surface area contributed by atoms with Gasteiger partial charge in [-0.1, -0.05) is 46.1 Å². The van der Waals surface area contributed by atoms with Gasteiger partial charge in [0.05, 0.1) is 0 Å². The summed E-state index contributed by atoms with van der Waals surface area (Å²) in [5, 5.41) is 13.1. The molecule has 0 unspecified atom stereocenters. The van der Waals surface area contributed by atoms with E-state index in [0.717, 1.165) is 20.6 Å². The Labute approximate surface area is 124 Å². The van der Waals surface area contributed by atoms with E-state index in [1.807, 2.05) is 30.3 Å². The fraction of sp³-hybridized carbons (Fsp3) is 0. The van der Waals surface area contributed by atoms with Crippen LogP contribution < -0.4 is 0 Å². The van der Waals surface area contributed by atoms with Crippen molar-refractivity contribution in [2.75, 3.05) is 0 Å². The van der Waals surface area contributed by atoms with E-state index in [1.165, 1.54) is 5.39 Å². The Morgan fingerprint density at radius 1 is 0.950 bits per heavy atom. The van der Waals surface area contributed by atoms with Crippen molar-refractivity contribution in [1.29, 1.82) is 0 Å². The first-order valence-electron chi connectivity index (χ1n) is 6.00. The largest absolute Gasteiger partial charge is 0.472 e. The van der Waals surface area contributed by atoms with Gasteiger partial charge in [0.1, 0.15) is 0 Å². The smallest absolute Gasteiger partial charge is 0.382 e. The topological polar surface area (TPSA) is 37.3 Å². The van der Waals surface area contributed by atoms with Crippen LogP contribution in [0.25, 0.3) is 21.5 Å². The van der Waals surface area contributed by atoms with Crippen LogP contribution in [0.1, 0.15) is 5.56 Å². The molecule has 3 aromatic rings. The second-order valence-electron chi connectivity index (χ2n) is 4.42. The van der Waals surface area contributed by atoms with Gasteiger partial charge in [0, 0.05) is 16.0 Å². The van der Waals surface area contributed by atoms with Crippen molar-refractivity contribution in [3.8, 4) is 11.8 Å². The van der Waals surface area contributed by atoms with Crippen LogP contribution in [-0.2, 0) is 4.79 Å². The van der Waals surface area contributed by atoms with Crippen LogP contribution in [0.4, 0.5) is 0 Å². The molecule has 0 heterocycles. The first-order chi connectivity index (χ1) is 9.63. The average molecular weight is 325 g/mol. The van der Waals surface area contributed by atoms with Crippen LogP contribution in [0.15, 0.2) is 53.0 Å². The van der Waals surface area contributed by atoms with Gasteiger partial charge < -0.3 is 5.11 Å². The number of aliphatic carboxylic acids is 1. The number of benzene rings is 3. The van der Waals surface area contributed by atoms with E-state index in [4.69, 9.17) is 5.11 Å². The predicted molar refractivity (Wildman–Crippen MR) is 83.7 cm³/mol. The van der Waals surface area contributed by atoms with Gasteiger partial charge in [-0.2, -0.15) is 0 Å². The summed E-state index contributed by atoms with van der Waals surface area (Å²) in [7, 11) is 0. The Kier molecular flexibility index (Phi) is 3.17. The SMILES string of the molecule is O=C(O)C#Cc1ccc2c(ccc3cc(Br)ccc32)c1. The summed E-state index contributed by atoms with van der Waals surface area (Å²) in [5.74, 6) is 3.65. The number of carboxylic acid groups (broad SMARTS) is 1. The number of carbonyl (C=O) groups is 1. The normalized spacial score (nSPS) is 10.2. The highest BCUT2D eigenvalue weighted by molar-refractivity contribution is 9.10. The first kappa shape index (κ1) is 12.7. The molecular formula is C17H9BrO2. The van der Waals surface area contributed by atoms with Gasteiger partial charge in [-0.15, -0.1) is 0 Å². The molecule has 0 radical (unpaired) electrons. The first-order valence-corrected chi connectivity index (χ1v) is 6.80. The van der Waals surface area contributed by atoms with Gasteiger partial charge in [-0.05, 0) is 45.8 Å². The van der Waals surface area contributed by atoms with Gasteiger partial charge in [0.25, 0.3) is 0 Å². The van der Waals surface area contributed by atoms with E-state index in [1.54, 1.807) is 0 Å². The molecule has 0 bridgehead atoms. The molecule has 0 saturated carbocycles. The molecule has 3 heteroatoms. The Morgan fingerprint density at radius 2 is 1.60 bits per heavy atom. The zero-order chi connectivity index (χ0) is 14.1. The number of carboxylic acids is 1. The monoisotopic (exact) mass is 324 g/mol. The Morgan fingerprint density at radius 3 is 2.30 bits per heavy atom. The maximum absolute atomic E-state index is 10.5. The second-order valence-corrected chi connectivity index (χ2v) is 5.34. The molecule has 96 valence electrons. The van der Waals surface area contributed by atoms with Crippen molar-refractivity contribution in [2.45, 2.75) is 0 Å². The van der Waals surface area contributed by atoms with Crippen molar-refractivity contribution >= 4 is 43.4 Å². The van der Waals surface area contributed by atoms with E-state index in [2.05, 4.69) is 46.0 Å². The summed E-state index contributed by atoms with van der Waals surface area (Å²) in [5.41, 5.74) is 0.705. The Balaban J connectivity index is 2.23. The molecule has 3 rings (SSSR count). The summed E-state index contributed by atoms with van der Waals surface area (Å²) in [6.07, 6.45) is 0. The van der Waals surface area contributed by atoms with Crippen molar-refractivity contribution < 1.29 is 9.90 Å². The average Bonchev–Trinajstić information content (AvgIpc) is 2.44. The molecule has 0 aliphatic carbocycles. The molecule has 2 nitrogen and oxygen atoms in total. The van der Waals surface area contributed by atoms with Crippen LogP contribution in [0.2, 0.25) is 0 Å².